The summed E-state index contributed by atoms with van der Waals surface area (Å²) in [7, 11) is 0. The van der Waals surface area contributed by atoms with Gasteiger partial charge in [0.1, 0.15) is 0 Å². The Labute approximate surface area is 163 Å². The van der Waals surface area contributed by atoms with E-state index < -0.39 is 0 Å². The maximum Gasteiger partial charge on any atom is 0.267 e. The van der Waals surface area contributed by atoms with Gasteiger partial charge in [-0.1, -0.05) is 6.07 Å². The summed E-state index contributed by atoms with van der Waals surface area (Å²) in [6, 6.07) is 5.52. The first kappa shape index (κ1) is 17.0. The molecular formula is C21H22N6O. The molecule has 3 aromatic heterocycles. The highest BCUT2D eigenvalue weighted by atomic mass is 16.1. The average Bonchev–Trinajstić information content (AvgIpc) is 2.75. The maximum absolute atomic E-state index is 12.5. The summed E-state index contributed by atoms with van der Waals surface area (Å²) < 4.78 is 1.50. The fourth-order valence-corrected chi connectivity index (χ4v) is 4.02. The van der Waals surface area contributed by atoms with Crippen LogP contribution < -0.4 is 10.5 Å². The quantitative estimate of drug-likeness (QED) is 0.700. The van der Waals surface area contributed by atoms with E-state index in [1.54, 1.807) is 18.5 Å². The third-order valence-electron chi connectivity index (χ3n) is 5.51. The highest BCUT2D eigenvalue weighted by Crippen LogP contribution is 2.30. The molecule has 1 aliphatic heterocycles. The SMILES string of the molecule is O=c1cc2c(nn1Cc1cccnc1)-c1cnc(N3CCCCC3)nc1CC2. The van der Waals surface area contributed by atoms with Gasteiger partial charge < -0.3 is 4.90 Å². The number of piperidine rings is 1. The van der Waals surface area contributed by atoms with Crippen LogP contribution >= 0.6 is 0 Å². The minimum atomic E-state index is -0.0862. The van der Waals surface area contributed by atoms with E-state index in [2.05, 4.69) is 20.0 Å². The van der Waals surface area contributed by atoms with Crippen LogP contribution in [-0.2, 0) is 19.4 Å². The summed E-state index contributed by atoms with van der Waals surface area (Å²) in [4.78, 5) is 28.4. The summed E-state index contributed by atoms with van der Waals surface area (Å²) in [5, 5.41) is 4.67. The van der Waals surface area contributed by atoms with Crippen LogP contribution in [0.15, 0.2) is 41.6 Å². The van der Waals surface area contributed by atoms with Crippen LogP contribution in [0.5, 0.6) is 0 Å². The van der Waals surface area contributed by atoms with Crippen molar-refractivity contribution in [1.82, 2.24) is 24.7 Å². The predicted octanol–water partition coefficient (Wildman–Crippen LogP) is 2.23. The lowest BCUT2D eigenvalue weighted by Gasteiger charge is -2.28. The molecule has 0 saturated carbocycles. The molecule has 7 heteroatoms. The molecule has 5 rings (SSSR count). The highest BCUT2D eigenvalue weighted by Gasteiger charge is 2.23. The standard InChI is InChI=1S/C21H22N6O/c28-19-11-16-6-7-18-17(13-23-21(24-18)26-9-2-1-3-10-26)20(16)25-27(19)14-15-5-4-8-22-12-15/h4-5,8,11-13H,1-3,6-7,9-10,14H2. The Balaban J connectivity index is 1.51. The Bertz CT molecular complexity index is 1060. The van der Waals surface area contributed by atoms with E-state index in [0.717, 1.165) is 60.0 Å². The van der Waals surface area contributed by atoms with Crippen LogP contribution in [0.25, 0.3) is 11.3 Å². The van der Waals surface area contributed by atoms with E-state index in [9.17, 15) is 4.79 Å². The lowest BCUT2D eigenvalue weighted by molar-refractivity contribution is 0.567. The number of aryl methyl sites for hydroxylation is 2. The zero-order chi connectivity index (χ0) is 18.9. The average molecular weight is 374 g/mol. The molecule has 1 aliphatic carbocycles. The molecule has 0 spiro atoms. The Morgan fingerprint density at radius 3 is 2.79 bits per heavy atom. The van der Waals surface area contributed by atoms with Gasteiger partial charge in [-0.25, -0.2) is 14.6 Å². The molecule has 0 atom stereocenters. The summed E-state index contributed by atoms with van der Waals surface area (Å²) in [5.74, 6) is 0.825. The first-order valence-electron chi connectivity index (χ1n) is 9.89. The molecule has 0 unspecified atom stereocenters. The zero-order valence-corrected chi connectivity index (χ0v) is 15.7. The van der Waals surface area contributed by atoms with Crippen LogP contribution in [0.2, 0.25) is 0 Å². The molecule has 1 fully saturated rings. The predicted molar refractivity (Wildman–Crippen MR) is 106 cm³/mol. The molecule has 28 heavy (non-hydrogen) atoms. The molecule has 3 aromatic rings. The van der Waals surface area contributed by atoms with Crippen LogP contribution in [0, 0.1) is 0 Å². The fraction of sp³-hybridized carbons (Fsp3) is 0.381. The number of nitrogens with zero attached hydrogens (tertiary/aromatic N) is 6. The van der Waals surface area contributed by atoms with Gasteiger partial charge in [-0.15, -0.1) is 0 Å². The first-order valence-corrected chi connectivity index (χ1v) is 9.89. The molecule has 0 bridgehead atoms. The lowest BCUT2D eigenvalue weighted by Crippen LogP contribution is -2.31. The molecule has 7 nitrogen and oxygen atoms in total. The van der Waals surface area contributed by atoms with Crippen LogP contribution in [0.4, 0.5) is 5.95 Å². The summed E-state index contributed by atoms with van der Waals surface area (Å²) in [6.45, 7) is 2.46. The smallest absolute Gasteiger partial charge is 0.267 e. The van der Waals surface area contributed by atoms with Crippen molar-refractivity contribution in [2.24, 2.45) is 0 Å². The van der Waals surface area contributed by atoms with Gasteiger partial charge in [0.15, 0.2) is 0 Å². The molecule has 0 radical (unpaired) electrons. The van der Waals surface area contributed by atoms with Crippen LogP contribution in [0.3, 0.4) is 0 Å². The van der Waals surface area contributed by atoms with E-state index >= 15 is 0 Å². The lowest BCUT2D eigenvalue weighted by atomic mass is 9.94. The number of hydrogen-bond donors (Lipinski definition) is 0. The molecule has 4 heterocycles. The van der Waals surface area contributed by atoms with E-state index in [1.807, 2.05) is 18.3 Å². The van der Waals surface area contributed by atoms with Crippen LogP contribution in [-0.4, -0.2) is 37.8 Å². The van der Waals surface area contributed by atoms with E-state index in [1.165, 1.54) is 23.9 Å². The van der Waals surface area contributed by atoms with Crippen molar-refractivity contribution in [3.8, 4) is 11.3 Å². The van der Waals surface area contributed by atoms with Gasteiger partial charge in [-0.3, -0.25) is 9.78 Å². The molecule has 0 aromatic carbocycles. The second kappa shape index (κ2) is 7.14. The minimum Gasteiger partial charge on any atom is -0.341 e. The number of aromatic nitrogens is 5. The van der Waals surface area contributed by atoms with Crippen molar-refractivity contribution < 1.29 is 0 Å². The second-order valence-corrected chi connectivity index (χ2v) is 7.45. The Morgan fingerprint density at radius 2 is 1.96 bits per heavy atom. The Kier molecular flexibility index (Phi) is 4.35. The normalized spacial score (nSPS) is 15.8. The van der Waals surface area contributed by atoms with Crippen molar-refractivity contribution in [1.29, 1.82) is 0 Å². The van der Waals surface area contributed by atoms with Crippen molar-refractivity contribution >= 4 is 5.95 Å². The highest BCUT2D eigenvalue weighted by molar-refractivity contribution is 5.67. The summed E-state index contributed by atoms with van der Waals surface area (Å²) in [5.41, 5.74) is 4.65. The number of pyridine rings is 1. The molecule has 2 aliphatic rings. The van der Waals surface area contributed by atoms with E-state index in [-0.39, 0.29) is 5.56 Å². The molecule has 0 N–H and O–H groups in total. The summed E-state index contributed by atoms with van der Waals surface area (Å²) >= 11 is 0. The van der Waals surface area contributed by atoms with Crippen molar-refractivity contribution in [3.05, 3.63) is 64.0 Å². The number of rotatable bonds is 3. The molecule has 1 saturated heterocycles. The van der Waals surface area contributed by atoms with Gasteiger partial charge in [0.2, 0.25) is 5.95 Å². The van der Waals surface area contributed by atoms with Gasteiger partial charge in [-0.05, 0) is 49.3 Å². The number of hydrogen-bond acceptors (Lipinski definition) is 6. The molecule has 142 valence electrons. The number of fused-ring (bicyclic) bond motifs is 3. The minimum absolute atomic E-state index is 0.0862. The molecule has 0 amide bonds. The van der Waals surface area contributed by atoms with Gasteiger partial charge in [0.25, 0.3) is 5.56 Å². The van der Waals surface area contributed by atoms with Crippen molar-refractivity contribution in [2.45, 2.75) is 38.6 Å². The first-order chi connectivity index (χ1) is 13.8. The number of anilines is 1. The van der Waals surface area contributed by atoms with Gasteiger partial charge in [0.05, 0.1) is 17.9 Å². The van der Waals surface area contributed by atoms with Gasteiger partial charge in [0, 0.05) is 43.3 Å². The second-order valence-electron chi connectivity index (χ2n) is 7.45. The zero-order valence-electron chi connectivity index (χ0n) is 15.7. The van der Waals surface area contributed by atoms with Gasteiger partial charge >= 0.3 is 0 Å². The Morgan fingerprint density at radius 1 is 1.07 bits per heavy atom. The van der Waals surface area contributed by atoms with E-state index in [4.69, 9.17) is 4.98 Å². The molecular weight excluding hydrogens is 352 g/mol. The van der Waals surface area contributed by atoms with Gasteiger partial charge in [-0.2, -0.15) is 5.10 Å². The van der Waals surface area contributed by atoms with Crippen LogP contribution in [0.1, 0.15) is 36.1 Å². The fourth-order valence-electron chi connectivity index (χ4n) is 4.02. The Hall–Kier alpha value is -3.09. The summed E-state index contributed by atoms with van der Waals surface area (Å²) in [6.07, 6.45) is 10.7. The van der Waals surface area contributed by atoms with Crippen molar-refractivity contribution in [3.63, 3.8) is 0 Å². The monoisotopic (exact) mass is 374 g/mol. The van der Waals surface area contributed by atoms with Crippen molar-refractivity contribution in [2.75, 3.05) is 18.0 Å². The maximum atomic E-state index is 12.5. The largest absolute Gasteiger partial charge is 0.341 e. The third kappa shape index (κ3) is 3.17. The topological polar surface area (TPSA) is 76.8 Å². The third-order valence-corrected chi connectivity index (χ3v) is 5.51. The van der Waals surface area contributed by atoms with E-state index in [0.29, 0.717) is 6.54 Å².